The Bertz CT molecular complexity index is 830. The molecule has 0 amide bonds. The standard InChI is InChI=1S/C21H21O4P/c1-16-7-4-10-19(13-16)23-26(22,24-20-11-5-8-17(2)14-20)25-21-12-6-9-18(3)15-21/h4-15H,1-3H3. The van der Waals surface area contributed by atoms with Crippen molar-refractivity contribution in [2.24, 2.45) is 0 Å². The Morgan fingerprint density at radius 1 is 0.577 bits per heavy atom. The molecule has 0 unspecified atom stereocenters. The van der Waals surface area contributed by atoms with Crippen LogP contribution in [0.15, 0.2) is 72.8 Å². The highest BCUT2D eigenvalue weighted by Gasteiger charge is 2.33. The van der Waals surface area contributed by atoms with Gasteiger partial charge in [-0.25, -0.2) is 0 Å². The van der Waals surface area contributed by atoms with Crippen LogP contribution in [0, 0.1) is 20.8 Å². The average Bonchev–Trinajstić information content (AvgIpc) is 2.54. The summed E-state index contributed by atoms with van der Waals surface area (Å²) in [6.45, 7) is 5.79. The minimum absolute atomic E-state index is 0.425. The highest BCUT2D eigenvalue weighted by Crippen LogP contribution is 2.50. The number of hydrogen-bond acceptors (Lipinski definition) is 4. The van der Waals surface area contributed by atoms with Gasteiger partial charge in [0.25, 0.3) is 0 Å². The third-order valence-corrected chi connectivity index (χ3v) is 4.92. The molecule has 0 fully saturated rings. The fourth-order valence-electron chi connectivity index (χ4n) is 2.46. The number of hydrogen-bond donors (Lipinski definition) is 0. The van der Waals surface area contributed by atoms with Crippen LogP contribution >= 0.6 is 7.82 Å². The van der Waals surface area contributed by atoms with Gasteiger partial charge < -0.3 is 13.6 Å². The molecule has 0 saturated carbocycles. The lowest BCUT2D eigenvalue weighted by Crippen LogP contribution is -2.07. The molecule has 0 N–H and O–H groups in total. The zero-order valence-corrected chi connectivity index (χ0v) is 15.9. The molecule has 3 aromatic carbocycles. The first-order valence-corrected chi connectivity index (χ1v) is 9.77. The van der Waals surface area contributed by atoms with Gasteiger partial charge in [0, 0.05) is 0 Å². The lowest BCUT2D eigenvalue weighted by Gasteiger charge is -2.20. The second-order valence-corrected chi connectivity index (χ2v) is 7.61. The molecule has 0 bridgehead atoms. The zero-order chi connectivity index (χ0) is 18.6. The summed E-state index contributed by atoms with van der Waals surface area (Å²) < 4.78 is 30.4. The Balaban J connectivity index is 1.92. The molecule has 0 aliphatic carbocycles. The van der Waals surface area contributed by atoms with Gasteiger partial charge in [0.1, 0.15) is 17.2 Å². The topological polar surface area (TPSA) is 44.8 Å². The van der Waals surface area contributed by atoms with Crippen LogP contribution in [0.1, 0.15) is 16.7 Å². The maximum Gasteiger partial charge on any atom is 0.647 e. The minimum atomic E-state index is -3.94. The van der Waals surface area contributed by atoms with Crippen LogP contribution in [0.2, 0.25) is 0 Å². The summed E-state index contributed by atoms with van der Waals surface area (Å²) in [5, 5.41) is 0. The molecule has 5 heteroatoms. The van der Waals surface area contributed by atoms with Crippen molar-refractivity contribution in [2.75, 3.05) is 0 Å². The van der Waals surface area contributed by atoms with Crippen molar-refractivity contribution in [2.45, 2.75) is 20.8 Å². The maximum absolute atomic E-state index is 13.4. The monoisotopic (exact) mass is 368 g/mol. The second kappa shape index (κ2) is 7.67. The smallest absolute Gasteiger partial charge is 0.386 e. The molecule has 0 saturated heterocycles. The normalized spacial score (nSPS) is 11.0. The molecule has 0 spiro atoms. The molecule has 0 aliphatic rings. The summed E-state index contributed by atoms with van der Waals surface area (Å²) in [6, 6.07) is 21.8. The Morgan fingerprint density at radius 3 is 1.15 bits per heavy atom. The van der Waals surface area contributed by atoms with Crippen LogP contribution in [-0.4, -0.2) is 0 Å². The van der Waals surface area contributed by atoms with E-state index in [9.17, 15) is 4.57 Å². The van der Waals surface area contributed by atoms with E-state index in [2.05, 4.69) is 0 Å². The molecule has 0 radical (unpaired) electrons. The van der Waals surface area contributed by atoms with Gasteiger partial charge in [0.15, 0.2) is 0 Å². The Hall–Kier alpha value is -2.71. The van der Waals surface area contributed by atoms with E-state index in [1.165, 1.54) is 0 Å². The van der Waals surface area contributed by atoms with E-state index in [1.807, 2.05) is 57.2 Å². The van der Waals surface area contributed by atoms with E-state index in [0.29, 0.717) is 17.2 Å². The van der Waals surface area contributed by atoms with Crippen molar-refractivity contribution in [1.82, 2.24) is 0 Å². The maximum atomic E-state index is 13.4. The molecule has 4 nitrogen and oxygen atoms in total. The lowest BCUT2D eigenvalue weighted by atomic mass is 10.2. The third-order valence-electron chi connectivity index (χ3n) is 3.62. The molecule has 3 aromatic rings. The van der Waals surface area contributed by atoms with Gasteiger partial charge in [0.05, 0.1) is 0 Å². The van der Waals surface area contributed by atoms with Crippen LogP contribution in [0.3, 0.4) is 0 Å². The Kier molecular flexibility index (Phi) is 5.34. The third kappa shape index (κ3) is 4.90. The molecule has 26 heavy (non-hydrogen) atoms. The van der Waals surface area contributed by atoms with Crippen molar-refractivity contribution in [1.29, 1.82) is 0 Å². The van der Waals surface area contributed by atoms with Crippen molar-refractivity contribution < 1.29 is 18.1 Å². The summed E-state index contributed by atoms with van der Waals surface area (Å²) >= 11 is 0. The van der Waals surface area contributed by atoms with Gasteiger partial charge in [-0.3, -0.25) is 0 Å². The highest BCUT2D eigenvalue weighted by atomic mass is 31.2. The Labute approximate surface area is 154 Å². The molecule has 0 aliphatic heterocycles. The molecule has 0 aromatic heterocycles. The van der Waals surface area contributed by atoms with E-state index in [0.717, 1.165) is 16.7 Å². The predicted octanol–water partition coefficient (Wildman–Crippen LogP) is 6.26. The summed E-state index contributed by atoms with van der Waals surface area (Å²) in [4.78, 5) is 0. The van der Waals surface area contributed by atoms with Gasteiger partial charge in [-0.2, -0.15) is 4.57 Å². The van der Waals surface area contributed by atoms with E-state index in [4.69, 9.17) is 13.6 Å². The second-order valence-electron chi connectivity index (χ2n) is 6.17. The van der Waals surface area contributed by atoms with Gasteiger partial charge in [0.2, 0.25) is 0 Å². The number of rotatable bonds is 6. The van der Waals surface area contributed by atoms with Crippen LogP contribution < -0.4 is 13.6 Å². The summed E-state index contributed by atoms with van der Waals surface area (Å²) in [7, 11) is -3.94. The molecular formula is C21H21O4P. The largest absolute Gasteiger partial charge is 0.647 e. The van der Waals surface area contributed by atoms with Crippen LogP contribution in [0.4, 0.5) is 0 Å². The van der Waals surface area contributed by atoms with Crippen molar-refractivity contribution in [3.05, 3.63) is 89.5 Å². The zero-order valence-electron chi connectivity index (χ0n) is 15.0. The first-order chi connectivity index (χ1) is 12.4. The fourth-order valence-corrected chi connectivity index (χ4v) is 3.69. The quantitative estimate of drug-likeness (QED) is 0.482. The predicted molar refractivity (Wildman–Crippen MR) is 103 cm³/mol. The van der Waals surface area contributed by atoms with Gasteiger partial charge >= 0.3 is 7.82 Å². The summed E-state index contributed by atoms with van der Waals surface area (Å²) in [6.07, 6.45) is 0. The number of aryl methyl sites for hydroxylation is 3. The summed E-state index contributed by atoms with van der Waals surface area (Å²) in [5.74, 6) is 1.27. The van der Waals surface area contributed by atoms with E-state index < -0.39 is 7.82 Å². The summed E-state index contributed by atoms with van der Waals surface area (Å²) in [5.41, 5.74) is 2.96. The molecular weight excluding hydrogens is 347 g/mol. The SMILES string of the molecule is Cc1cccc(OP(=O)(Oc2cccc(C)c2)Oc2cccc(C)c2)c1. The molecule has 0 atom stereocenters. The number of phosphoric acid groups is 1. The van der Waals surface area contributed by atoms with Gasteiger partial charge in [-0.05, 0) is 73.9 Å². The first kappa shape index (κ1) is 18.1. The van der Waals surface area contributed by atoms with E-state index in [1.54, 1.807) is 36.4 Å². The van der Waals surface area contributed by atoms with Crippen molar-refractivity contribution in [3.63, 3.8) is 0 Å². The first-order valence-electron chi connectivity index (χ1n) is 8.31. The number of benzene rings is 3. The number of phosphoric ester groups is 1. The van der Waals surface area contributed by atoms with Crippen molar-refractivity contribution >= 4 is 7.82 Å². The highest BCUT2D eigenvalue weighted by molar-refractivity contribution is 7.49. The average molecular weight is 368 g/mol. The van der Waals surface area contributed by atoms with E-state index in [-0.39, 0.29) is 0 Å². The van der Waals surface area contributed by atoms with Crippen molar-refractivity contribution in [3.8, 4) is 17.2 Å². The minimum Gasteiger partial charge on any atom is -0.386 e. The van der Waals surface area contributed by atoms with Crippen LogP contribution in [0.25, 0.3) is 0 Å². The van der Waals surface area contributed by atoms with E-state index >= 15 is 0 Å². The van der Waals surface area contributed by atoms with Crippen LogP contribution in [0.5, 0.6) is 17.2 Å². The fraction of sp³-hybridized carbons (Fsp3) is 0.143. The van der Waals surface area contributed by atoms with Crippen LogP contribution in [-0.2, 0) is 4.57 Å². The molecule has 0 heterocycles. The lowest BCUT2D eigenvalue weighted by molar-refractivity contribution is 0.298. The van der Waals surface area contributed by atoms with Gasteiger partial charge in [-0.15, -0.1) is 0 Å². The molecule has 3 rings (SSSR count). The molecule has 134 valence electrons. The Morgan fingerprint density at radius 2 is 0.885 bits per heavy atom. The van der Waals surface area contributed by atoms with Gasteiger partial charge in [-0.1, -0.05) is 36.4 Å².